The highest BCUT2D eigenvalue weighted by Gasteiger charge is 2.32. The van der Waals surface area contributed by atoms with Crippen LogP contribution in [0.2, 0.25) is 0 Å². The molecule has 21 heavy (non-hydrogen) atoms. The number of benzene rings is 1. The van der Waals surface area contributed by atoms with Gasteiger partial charge in [-0.1, -0.05) is 18.2 Å². The number of rotatable bonds is 4. The summed E-state index contributed by atoms with van der Waals surface area (Å²) in [5.74, 6) is 0. The molecular weight excluding hydrogens is 288 g/mol. The van der Waals surface area contributed by atoms with Crippen LogP contribution in [0.15, 0.2) is 29.2 Å². The molecule has 2 unspecified atom stereocenters. The number of nitrogens with one attached hydrogen (secondary N) is 1. The predicted molar refractivity (Wildman–Crippen MR) is 80.7 cm³/mol. The summed E-state index contributed by atoms with van der Waals surface area (Å²) < 4.78 is 33.2. The average molecular weight is 310 g/mol. The van der Waals surface area contributed by atoms with Gasteiger partial charge in [0.05, 0.1) is 17.6 Å². The van der Waals surface area contributed by atoms with E-state index in [1.807, 2.05) is 6.07 Å². The number of hydrogen-bond donors (Lipinski definition) is 1. The van der Waals surface area contributed by atoms with Crippen molar-refractivity contribution in [1.82, 2.24) is 9.62 Å². The van der Waals surface area contributed by atoms with Gasteiger partial charge in [0.15, 0.2) is 0 Å². The second-order valence-corrected chi connectivity index (χ2v) is 7.60. The molecule has 0 aromatic heterocycles. The fraction of sp³-hybridized carbons (Fsp3) is 0.600. The van der Waals surface area contributed by atoms with E-state index in [0.29, 0.717) is 17.5 Å². The van der Waals surface area contributed by atoms with Crippen molar-refractivity contribution in [2.75, 3.05) is 26.2 Å². The first kappa shape index (κ1) is 15.0. The minimum Gasteiger partial charge on any atom is -0.374 e. The van der Waals surface area contributed by atoms with Crippen molar-refractivity contribution < 1.29 is 13.2 Å². The highest BCUT2D eigenvalue weighted by atomic mass is 32.2. The van der Waals surface area contributed by atoms with Crippen LogP contribution in [0.5, 0.6) is 0 Å². The van der Waals surface area contributed by atoms with Crippen LogP contribution in [0.1, 0.15) is 18.4 Å². The van der Waals surface area contributed by atoms with Crippen molar-refractivity contribution in [2.24, 2.45) is 0 Å². The van der Waals surface area contributed by atoms with Crippen LogP contribution in [0.25, 0.3) is 0 Å². The molecule has 5 nitrogen and oxygen atoms in total. The molecule has 2 aliphatic heterocycles. The second kappa shape index (κ2) is 6.04. The van der Waals surface area contributed by atoms with Crippen molar-refractivity contribution in [3.05, 3.63) is 29.8 Å². The zero-order valence-corrected chi connectivity index (χ0v) is 13.1. The zero-order valence-electron chi connectivity index (χ0n) is 12.3. The van der Waals surface area contributed by atoms with E-state index in [1.165, 1.54) is 12.8 Å². The van der Waals surface area contributed by atoms with Gasteiger partial charge < -0.3 is 4.74 Å². The van der Waals surface area contributed by atoms with Crippen LogP contribution in [-0.2, 0) is 14.8 Å². The van der Waals surface area contributed by atoms with Gasteiger partial charge in [0.1, 0.15) is 0 Å². The van der Waals surface area contributed by atoms with Crippen LogP contribution in [0.4, 0.5) is 0 Å². The number of hydrogen-bond acceptors (Lipinski definition) is 4. The van der Waals surface area contributed by atoms with Crippen molar-refractivity contribution >= 4 is 10.0 Å². The summed E-state index contributed by atoms with van der Waals surface area (Å²) in [5.41, 5.74) is 0.758. The lowest BCUT2D eigenvalue weighted by Gasteiger charge is -2.35. The Morgan fingerprint density at radius 3 is 3.00 bits per heavy atom. The van der Waals surface area contributed by atoms with Crippen LogP contribution in [0.3, 0.4) is 0 Å². The lowest BCUT2D eigenvalue weighted by atomic mass is 10.2. The van der Waals surface area contributed by atoms with Gasteiger partial charge in [-0.15, -0.1) is 0 Å². The summed E-state index contributed by atoms with van der Waals surface area (Å²) in [5, 5.41) is 0. The van der Waals surface area contributed by atoms with E-state index >= 15 is 0 Å². The molecule has 0 radical (unpaired) electrons. The number of aryl methyl sites for hydroxylation is 1. The molecule has 0 spiro atoms. The molecule has 1 aromatic carbocycles. The molecule has 3 rings (SSSR count). The molecule has 0 amide bonds. The highest BCUT2D eigenvalue weighted by Crippen LogP contribution is 2.22. The van der Waals surface area contributed by atoms with Gasteiger partial charge in [-0.2, -0.15) is 0 Å². The van der Waals surface area contributed by atoms with Gasteiger partial charge in [0.25, 0.3) is 0 Å². The lowest BCUT2D eigenvalue weighted by molar-refractivity contribution is -0.0449. The Labute approximate surface area is 126 Å². The molecule has 116 valence electrons. The maximum atomic E-state index is 12.3. The number of ether oxygens (including phenoxy) is 1. The maximum Gasteiger partial charge on any atom is 0.240 e. The molecular formula is C15H22N2O3S. The van der Waals surface area contributed by atoms with E-state index in [2.05, 4.69) is 9.62 Å². The minimum absolute atomic E-state index is 0.0573. The number of morpholine rings is 1. The van der Waals surface area contributed by atoms with Crippen molar-refractivity contribution in [3.8, 4) is 0 Å². The van der Waals surface area contributed by atoms with Gasteiger partial charge >= 0.3 is 0 Å². The zero-order chi connectivity index (χ0) is 14.9. The average Bonchev–Trinajstić information content (AvgIpc) is 2.93. The third kappa shape index (κ3) is 3.29. The topological polar surface area (TPSA) is 58.6 Å². The smallest absolute Gasteiger partial charge is 0.240 e. The summed E-state index contributed by atoms with van der Waals surface area (Å²) in [6, 6.07) is 7.56. The van der Waals surface area contributed by atoms with Crippen LogP contribution in [-0.4, -0.2) is 51.7 Å². The fourth-order valence-electron chi connectivity index (χ4n) is 3.15. The molecule has 1 N–H and O–H groups in total. The molecule has 0 saturated carbocycles. The van der Waals surface area contributed by atoms with E-state index in [1.54, 1.807) is 25.1 Å². The molecule has 0 bridgehead atoms. The summed E-state index contributed by atoms with van der Waals surface area (Å²) >= 11 is 0. The summed E-state index contributed by atoms with van der Waals surface area (Å²) in [6.45, 7) is 4.78. The van der Waals surface area contributed by atoms with Crippen molar-refractivity contribution in [3.63, 3.8) is 0 Å². The van der Waals surface area contributed by atoms with E-state index in [0.717, 1.165) is 25.3 Å². The first-order chi connectivity index (χ1) is 10.1. The van der Waals surface area contributed by atoms with Crippen molar-refractivity contribution in [2.45, 2.75) is 36.8 Å². The van der Waals surface area contributed by atoms with Crippen LogP contribution >= 0.6 is 0 Å². The molecule has 2 saturated heterocycles. The van der Waals surface area contributed by atoms with E-state index in [4.69, 9.17) is 4.74 Å². The Hall–Kier alpha value is -0.950. The Morgan fingerprint density at radius 1 is 1.38 bits per heavy atom. The minimum atomic E-state index is -3.46. The first-order valence-electron chi connectivity index (χ1n) is 7.47. The number of nitrogens with zero attached hydrogens (tertiary/aromatic N) is 1. The van der Waals surface area contributed by atoms with Crippen molar-refractivity contribution in [1.29, 1.82) is 0 Å². The van der Waals surface area contributed by atoms with E-state index < -0.39 is 10.0 Å². The number of sulfonamides is 1. The molecule has 2 aliphatic rings. The third-order valence-corrected chi connectivity index (χ3v) is 5.93. The summed E-state index contributed by atoms with van der Waals surface area (Å²) in [6.07, 6.45) is 2.36. The van der Waals surface area contributed by atoms with E-state index in [9.17, 15) is 8.42 Å². The molecule has 2 atom stereocenters. The van der Waals surface area contributed by atoms with Gasteiger partial charge in [-0.05, 0) is 37.9 Å². The normalized spacial score (nSPS) is 26.7. The largest absolute Gasteiger partial charge is 0.374 e. The SMILES string of the molecule is Cc1ccccc1S(=O)(=O)NCC1CN2CCCC2CO1. The fourth-order valence-corrected chi connectivity index (χ4v) is 4.46. The van der Waals surface area contributed by atoms with Crippen LogP contribution < -0.4 is 4.72 Å². The maximum absolute atomic E-state index is 12.3. The lowest BCUT2D eigenvalue weighted by Crippen LogP contribution is -2.50. The number of fused-ring (bicyclic) bond motifs is 1. The van der Waals surface area contributed by atoms with Gasteiger partial charge in [-0.3, -0.25) is 4.90 Å². The third-order valence-electron chi connectivity index (χ3n) is 4.35. The van der Waals surface area contributed by atoms with Crippen LogP contribution in [0, 0.1) is 6.92 Å². The summed E-state index contributed by atoms with van der Waals surface area (Å²) in [7, 11) is -3.46. The molecule has 2 heterocycles. The highest BCUT2D eigenvalue weighted by molar-refractivity contribution is 7.89. The quantitative estimate of drug-likeness (QED) is 0.906. The Kier molecular flexibility index (Phi) is 4.31. The van der Waals surface area contributed by atoms with E-state index in [-0.39, 0.29) is 6.10 Å². The Balaban J connectivity index is 1.61. The van der Waals surface area contributed by atoms with Gasteiger partial charge in [0.2, 0.25) is 10.0 Å². The molecule has 1 aromatic rings. The van der Waals surface area contributed by atoms with Gasteiger partial charge in [0, 0.05) is 19.1 Å². The molecule has 0 aliphatic carbocycles. The second-order valence-electron chi connectivity index (χ2n) is 5.86. The first-order valence-corrected chi connectivity index (χ1v) is 8.95. The molecule has 2 fully saturated rings. The molecule has 6 heteroatoms. The van der Waals surface area contributed by atoms with Gasteiger partial charge in [-0.25, -0.2) is 13.1 Å². The standard InChI is InChI=1S/C15H22N2O3S/c1-12-5-2-3-7-15(12)21(18,19)16-9-14-10-17-8-4-6-13(17)11-20-14/h2-3,5,7,13-14,16H,4,6,8-11H2,1H3. The Bertz CT molecular complexity index is 603. The Morgan fingerprint density at radius 2 is 2.19 bits per heavy atom. The monoisotopic (exact) mass is 310 g/mol. The summed E-state index contributed by atoms with van der Waals surface area (Å²) in [4.78, 5) is 2.76. The predicted octanol–water partition coefficient (Wildman–Crippen LogP) is 1.14.